The van der Waals surface area contributed by atoms with Gasteiger partial charge in [0.2, 0.25) is 0 Å². The molecule has 1 N–H and O–H groups in total. The highest BCUT2D eigenvalue weighted by molar-refractivity contribution is 7.92. The molecule has 3 heterocycles. The first-order valence-electron chi connectivity index (χ1n) is 9.97. The number of carbonyl (C=O) groups excluding carboxylic acids is 1. The molecule has 11 heteroatoms. The molecule has 1 saturated heterocycles. The highest BCUT2D eigenvalue weighted by Crippen LogP contribution is 2.33. The average molecular weight is 479 g/mol. The van der Waals surface area contributed by atoms with Crippen molar-refractivity contribution in [1.29, 1.82) is 0 Å². The molecule has 2 aromatic heterocycles. The van der Waals surface area contributed by atoms with E-state index in [0.29, 0.717) is 53.3 Å². The van der Waals surface area contributed by atoms with Crippen molar-refractivity contribution in [2.75, 3.05) is 31.0 Å². The number of carbonyl (C=O) groups is 1. The predicted molar refractivity (Wildman–Crippen MR) is 120 cm³/mol. The SMILES string of the molecule is Cc1nc(-c2cc(S(=O)(=O)Nc3cccc(F)c3)c(C)n2C)sc1C(=O)N1CCOCC1. The quantitative estimate of drug-likeness (QED) is 0.608. The number of nitrogens with one attached hydrogen (secondary N) is 1. The van der Waals surface area contributed by atoms with Crippen LogP contribution >= 0.6 is 11.3 Å². The fraction of sp³-hybridized carbons (Fsp3) is 0.333. The number of thiazole rings is 1. The number of morpholine rings is 1. The summed E-state index contributed by atoms with van der Waals surface area (Å²) in [5.41, 5.74) is 1.81. The number of hydrogen-bond acceptors (Lipinski definition) is 6. The van der Waals surface area contributed by atoms with Crippen LogP contribution in [0.1, 0.15) is 21.1 Å². The van der Waals surface area contributed by atoms with E-state index in [1.807, 2.05) is 0 Å². The molecule has 170 valence electrons. The first-order valence-corrected chi connectivity index (χ1v) is 12.3. The van der Waals surface area contributed by atoms with Crippen LogP contribution in [0.5, 0.6) is 0 Å². The summed E-state index contributed by atoms with van der Waals surface area (Å²) >= 11 is 1.24. The first kappa shape index (κ1) is 22.4. The lowest BCUT2D eigenvalue weighted by Crippen LogP contribution is -2.40. The van der Waals surface area contributed by atoms with Gasteiger partial charge in [0.15, 0.2) is 0 Å². The molecule has 32 heavy (non-hydrogen) atoms. The van der Waals surface area contributed by atoms with Crippen molar-refractivity contribution in [1.82, 2.24) is 14.5 Å². The summed E-state index contributed by atoms with van der Waals surface area (Å²) in [6.45, 7) is 5.53. The monoisotopic (exact) mass is 478 g/mol. The van der Waals surface area contributed by atoms with E-state index in [0.717, 1.165) is 6.07 Å². The maximum absolute atomic E-state index is 13.5. The van der Waals surface area contributed by atoms with Crippen LogP contribution in [0.4, 0.5) is 10.1 Å². The molecule has 1 aliphatic heterocycles. The first-order chi connectivity index (χ1) is 15.2. The van der Waals surface area contributed by atoms with Crippen molar-refractivity contribution in [3.05, 3.63) is 52.4 Å². The molecular weight excluding hydrogens is 455 g/mol. The Morgan fingerprint density at radius 1 is 1.22 bits per heavy atom. The molecule has 8 nitrogen and oxygen atoms in total. The minimum Gasteiger partial charge on any atom is -0.378 e. The molecule has 1 amide bonds. The molecule has 0 bridgehead atoms. The van der Waals surface area contributed by atoms with Gasteiger partial charge in [0.05, 0.1) is 30.3 Å². The predicted octanol–water partition coefficient (Wildman–Crippen LogP) is 3.18. The van der Waals surface area contributed by atoms with Gasteiger partial charge in [0.1, 0.15) is 20.6 Å². The van der Waals surface area contributed by atoms with E-state index in [1.165, 1.54) is 35.6 Å². The maximum Gasteiger partial charge on any atom is 0.266 e. The molecule has 0 spiro atoms. The van der Waals surface area contributed by atoms with Crippen molar-refractivity contribution in [3.8, 4) is 10.7 Å². The van der Waals surface area contributed by atoms with Crippen LogP contribution in [0.25, 0.3) is 10.7 Å². The molecular formula is C21H23FN4O4S2. The van der Waals surface area contributed by atoms with Gasteiger partial charge in [-0.15, -0.1) is 11.3 Å². The zero-order valence-corrected chi connectivity index (χ0v) is 19.5. The highest BCUT2D eigenvalue weighted by atomic mass is 32.2. The second-order valence-electron chi connectivity index (χ2n) is 7.49. The fourth-order valence-electron chi connectivity index (χ4n) is 3.53. The minimum absolute atomic E-state index is 0.0631. The molecule has 0 unspecified atom stereocenters. The number of sulfonamides is 1. The Morgan fingerprint density at radius 2 is 1.94 bits per heavy atom. The molecule has 0 aliphatic carbocycles. The number of halogens is 1. The molecule has 0 saturated carbocycles. The zero-order chi connectivity index (χ0) is 23.0. The Labute approximate surface area is 189 Å². The third kappa shape index (κ3) is 4.27. The van der Waals surface area contributed by atoms with Crippen LogP contribution in [0.15, 0.2) is 35.2 Å². The molecule has 0 atom stereocenters. The van der Waals surface area contributed by atoms with Crippen molar-refractivity contribution < 1.29 is 22.3 Å². The standard InChI is InChI=1S/C21H23FN4O4S2/c1-13-19(21(27)26-7-9-30-10-8-26)31-20(23-13)17-12-18(14(2)25(17)3)32(28,29)24-16-6-4-5-15(22)11-16/h4-6,11-12,24H,7-10H2,1-3H3. The van der Waals surface area contributed by atoms with Crippen LogP contribution in [-0.4, -0.2) is 55.1 Å². The number of amides is 1. The fourth-order valence-corrected chi connectivity index (χ4v) is 5.95. The van der Waals surface area contributed by atoms with Crippen molar-refractivity contribution in [2.45, 2.75) is 18.7 Å². The largest absolute Gasteiger partial charge is 0.378 e. The number of aromatic nitrogens is 2. The number of benzene rings is 1. The van der Waals surface area contributed by atoms with E-state index < -0.39 is 15.8 Å². The summed E-state index contributed by atoms with van der Waals surface area (Å²) in [6.07, 6.45) is 0. The molecule has 1 aromatic carbocycles. The molecule has 1 fully saturated rings. The summed E-state index contributed by atoms with van der Waals surface area (Å²) in [5.74, 6) is -0.632. The van der Waals surface area contributed by atoms with Gasteiger partial charge in [0, 0.05) is 25.8 Å². The van der Waals surface area contributed by atoms with Crippen LogP contribution < -0.4 is 4.72 Å². The van der Waals surface area contributed by atoms with E-state index >= 15 is 0 Å². The van der Waals surface area contributed by atoms with E-state index in [9.17, 15) is 17.6 Å². The average Bonchev–Trinajstić information content (AvgIpc) is 3.28. The van der Waals surface area contributed by atoms with Crippen LogP contribution in [-0.2, 0) is 21.8 Å². The number of ether oxygens (including phenoxy) is 1. The summed E-state index contributed by atoms with van der Waals surface area (Å²) in [6, 6.07) is 6.79. The second-order valence-corrected chi connectivity index (χ2v) is 10.1. The van der Waals surface area contributed by atoms with Gasteiger partial charge < -0.3 is 14.2 Å². The summed E-state index contributed by atoms with van der Waals surface area (Å²) < 4.78 is 48.9. The van der Waals surface area contributed by atoms with Crippen molar-refractivity contribution in [3.63, 3.8) is 0 Å². The summed E-state index contributed by atoms with van der Waals surface area (Å²) in [5, 5.41) is 0.553. The number of nitrogens with zero attached hydrogens (tertiary/aromatic N) is 3. The van der Waals surface area contributed by atoms with E-state index in [-0.39, 0.29) is 16.5 Å². The summed E-state index contributed by atoms with van der Waals surface area (Å²) in [7, 11) is -2.21. The van der Waals surface area contributed by atoms with Gasteiger partial charge in [-0.1, -0.05) is 6.07 Å². The maximum atomic E-state index is 13.5. The lowest BCUT2D eigenvalue weighted by molar-refractivity contribution is 0.0305. The van der Waals surface area contributed by atoms with E-state index in [4.69, 9.17) is 4.74 Å². The van der Waals surface area contributed by atoms with Gasteiger partial charge in [-0.25, -0.2) is 17.8 Å². The normalized spacial score (nSPS) is 14.6. The Bertz CT molecular complexity index is 1280. The molecule has 1 aliphatic rings. The highest BCUT2D eigenvalue weighted by Gasteiger charge is 2.27. The third-order valence-corrected chi connectivity index (χ3v) is 8.03. The van der Waals surface area contributed by atoms with Gasteiger partial charge in [0.25, 0.3) is 15.9 Å². The number of rotatable bonds is 5. The van der Waals surface area contributed by atoms with Crippen LogP contribution in [0, 0.1) is 19.7 Å². The molecule has 3 aromatic rings. The minimum atomic E-state index is -3.96. The third-order valence-electron chi connectivity index (χ3n) is 5.36. The zero-order valence-electron chi connectivity index (χ0n) is 17.9. The number of aryl methyl sites for hydroxylation is 1. The van der Waals surface area contributed by atoms with Crippen LogP contribution in [0.3, 0.4) is 0 Å². The number of hydrogen-bond donors (Lipinski definition) is 1. The Hall–Kier alpha value is -2.76. The molecule has 4 rings (SSSR count). The Kier molecular flexibility index (Phi) is 6.06. The summed E-state index contributed by atoms with van der Waals surface area (Å²) in [4.78, 5) is 19.8. The van der Waals surface area contributed by atoms with Gasteiger partial charge >= 0.3 is 0 Å². The van der Waals surface area contributed by atoms with Gasteiger partial charge in [-0.2, -0.15) is 0 Å². The van der Waals surface area contributed by atoms with E-state index in [2.05, 4.69) is 9.71 Å². The van der Waals surface area contributed by atoms with E-state index in [1.54, 1.807) is 30.4 Å². The van der Waals surface area contributed by atoms with Crippen LogP contribution in [0.2, 0.25) is 0 Å². The topological polar surface area (TPSA) is 93.5 Å². The Balaban J connectivity index is 1.66. The smallest absolute Gasteiger partial charge is 0.266 e. The number of anilines is 1. The lowest BCUT2D eigenvalue weighted by atomic mass is 10.3. The van der Waals surface area contributed by atoms with Crippen molar-refractivity contribution in [2.24, 2.45) is 7.05 Å². The second kappa shape index (κ2) is 8.64. The van der Waals surface area contributed by atoms with Gasteiger partial charge in [-0.05, 0) is 38.1 Å². The van der Waals surface area contributed by atoms with Crippen molar-refractivity contribution >= 4 is 33.0 Å². The molecule has 0 radical (unpaired) electrons. The van der Waals surface area contributed by atoms with Gasteiger partial charge in [-0.3, -0.25) is 9.52 Å². The Morgan fingerprint density at radius 3 is 2.62 bits per heavy atom. The lowest BCUT2D eigenvalue weighted by Gasteiger charge is -2.26.